The minimum atomic E-state index is -0.640. The lowest BCUT2D eigenvalue weighted by Gasteiger charge is -2.24. The molecule has 0 spiro atoms. The van der Waals surface area contributed by atoms with Crippen molar-refractivity contribution in [1.82, 2.24) is 4.57 Å². The fourth-order valence-electron chi connectivity index (χ4n) is 4.98. The van der Waals surface area contributed by atoms with E-state index in [0.717, 1.165) is 24.2 Å². The third kappa shape index (κ3) is 4.53. The number of ether oxygens (including phenoxy) is 1. The van der Waals surface area contributed by atoms with Crippen LogP contribution >= 0.6 is 22.9 Å². The van der Waals surface area contributed by atoms with Crippen LogP contribution in [0.5, 0.6) is 0 Å². The summed E-state index contributed by atoms with van der Waals surface area (Å²) in [5.41, 5.74) is 4.91. The standard InChI is InChI=1S/C28H28ClN3O3S/c1-4-35-27(34)24-18(3)30-28-32(25(24)20-8-10-21(29)11-9-20)26(33)23(36-28)16-19-7-12-22(17(2)15-19)31-13-5-6-14-31/h7-12,15-16,25H,4-6,13-14H2,1-3H3/b23-16+/t25-/m1/s1. The molecule has 0 unspecified atom stereocenters. The topological polar surface area (TPSA) is 63.9 Å². The number of benzene rings is 2. The van der Waals surface area contributed by atoms with Gasteiger partial charge < -0.3 is 9.64 Å². The van der Waals surface area contributed by atoms with Gasteiger partial charge in [-0.1, -0.05) is 41.1 Å². The van der Waals surface area contributed by atoms with Crippen molar-refractivity contribution in [3.63, 3.8) is 0 Å². The van der Waals surface area contributed by atoms with Crippen molar-refractivity contribution >= 4 is 40.7 Å². The molecule has 1 saturated heterocycles. The van der Waals surface area contributed by atoms with Gasteiger partial charge in [0, 0.05) is 23.8 Å². The van der Waals surface area contributed by atoms with Gasteiger partial charge in [-0.2, -0.15) is 0 Å². The SMILES string of the molecule is CCOC(=O)C1=C(C)N=c2s/c(=C/c3ccc(N4CCCC4)c(C)c3)c(=O)n2[C@@H]1c1ccc(Cl)cc1. The van der Waals surface area contributed by atoms with Crippen molar-refractivity contribution in [2.75, 3.05) is 24.6 Å². The summed E-state index contributed by atoms with van der Waals surface area (Å²) >= 11 is 7.45. The van der Waals surface area contributed by atoms with E-state index < -0.39 is 12.0 Å². The van der Waals surface area contributed by atoms with Crippen LogP contribution < -0.4 is 19.8 Å². The fraction of sp³-hybridized carbons (Fsp3) is 0.321. The molecule has 5 rings (SSSR count). The maximum Gasteiger partial charge on any atom is 0.338 e. The smallest absolute Gasteiger partial charge is 0.338 e. The average Bonchev–Trinajstić information content (AvgIpc) is 3.48. The molecule has 186 valence electrons. The molecule has 0 radical (unpaired) electrons. The van der Waals surface area contributed by atoms with Crippen molar-refractivity contribution < 1.29 is 9.53 Å². The maximum absolute atomic E-state index is 13.7. The van der Waals surface area contributed by atoms with E-state index in [1.165, 1.54) is 35.4 Å². The molecule has 1 fully saturated rings. The van der Waals surface area contributed by atoms with Crippen LogP contribution in [-0.2, 0) is 9.53 Å². The number of hydrogen-bond acceptors (Lipinski definition) is 6. The highest BCUT2D eigenvalue weighted by molar-refractivity contribution is 7.07. The molecular formula is C28H28ClN3O3S. The van der Waals surface area contributed by atoms with Gasteiger partial charge in [0.2, 0.25) is 0 Å². The number of carbonyl (C=O) groups is 1. The number of thiazole rings is 1. The van der Waals surface area contributed by atoms with Gasteiger partial charge in [-0.25, -0.2) is 9.79 Å². The van der Waals surface area contributed by atoms with Gasteiger partial charge in [0.05, 0.1) is 28.5 Å². The van der Waals surface area contributed by atoms with Crippen LogP contribution in [0.1, 0.15) is 49.4 Å². The molecule has 0 saturated carbocycles. The van der Waals surface area contributed by atoms with Gasteiger partial charge in [-0.15, -0.1) is 0 Å². The largest absolute Gasteiger partial charge is 0.463 e. The minimum Gasteiger partial charge on any atom is -0.463 e. The monoisotopic (exact) mass is 521 g/mol. The number of hydrogen-bond donors (Lipinski definition) is 0. The summed E-state index contributed by atoms with van der Waals surface area (Å²) in [7, 11) is 0. The second kappa shape index (κ2) is 10.1. The summed E-state index contributed by atoms with van der Waals surface area (Å²) in [6.07, 6.45) is 4.36. The molecular weight excluding hydrogens is 494 g/mol. The Bertz CT molecular complexity index is 1530. The van der Waals surface area contributed by atoms with E-state index in [-0.39, 0.29) is 12.2 Å². The third-order valence-electron chi connectivity index (χ3n) is 6.67. The van der Waals surface area contributed by atoms with Crippen molar-refractivity contribution in [2.24, 2.45) is 4.99 Å². The van der Waals surface area contributed by atoms with Crippen LogP contribution in [0.15, 0.2) is 63.5 Å². The van der Waals surface area contributed by atoms with Gasteiger partial charge in [0.25, 0.3) is 5.56 Å². The summed E-state index contributed by atoms with van der Waals surface area (Å²) in [5, 5.41) is 0.581. The molecule has 6 nitrogen and oxygen atoms in total. The van der Waals surface area contributed by atoms with Crippen LogP contribution in [0.2, 0.25) is 5.02 Å². The van der Waals surface area contributed by atoms with Gasteiger partial charge in [-0.05, 0) is 80.6 Å². The second-order valence-electron chi connectivity index (χ2n) is 9.09. The van der Waals surface area contributed by atoms with E-state index in [1.54, 1.807) is 30.5 Å². The van der Waals surface area contributed by atoms with E-state index in [0.29, 0.717) is 25.6 Å². The molecule has 2 aliphatic rings. The van der Waals surface area contributed by atoms with Crippen LogP contribution in [0.4, 0.5) is 5.69 Å². The molecule has 2 aromatic carbocycles. The molecule has 0 amide bonds. The quantitative estimate of drug-likeness (QED) is 0.468. The molecule has 3 aromatic rings. The molecule has 1 aromatic heterocycles. The number of rotatable bonds is 5. The van der Waals surface area contributed by atoms with Gasteiger partial charge >= 0.3 is 5.97 Å². The lowest BCUT2D eigenvalue weighted by Crippen LogP contribution is -2.39. The van der Waals surface area contributed by atoms with Crippen LogP contribution in [0.25, 0.3) is 6.08 Å². The zero-order valence-corrected chi connectivity index (χ0v) is 22.2. The number of halogens is 1. The zero-order chi connectivity index (χ0) is 25.4. The maximum atomic E-state index is 13.7. The fourth-order valence-corrected chi connectivity index (χ4v) is 6.16. The van der Waals surface area contributed by atoms with E-state index in [9.17, 15) is 9.59 Å². The Labute approximate surface area is 218 Å². The summed E-state index contributed by atoms with van der Waals surface area (Å²) < 4.78 is 7.51. The van der Waals surface area contributed by atoms with Crippen LogP contribution in [0.3, 0.4) is 0 Å². The number of aryl methyl sites for hydroxylation is 1. The summed E-state index contributed by atoms with van der Waals surface area (Å²) in [4.78, 5) is 34.3. The Morgan fingerprint density at radius 2 is 1.89 bits per heavy atom. The number of anilines is 1. The zero-order valence-electron chi connectivity index (χ0n) is 20.6. The number of esters is 1. The van der Waals surface area contributed by atoms with Gasteiger partial charge in [0.15, 0.2) is 4.80 Å². The first kappa shape index (κ1) is 24.5. The molecule has 0 N–H and O–H groups in total. The van der Waals surface area contributed by atoms with E-state index in [4.69, 9.17) is 16.3 Å². The molecule has 0 bridgehead atoms. The first-order valence-corrected chi connectivity index (χ1v) is 13.4. The highest BCUT2D eigenvalue weighted by Crippen LogP contribution is 2.31. The van der Waals surface area contributed by atoms with E-state index in [1.807, 2.05) is 18.2 Å². The highest BCUT2D eigenvalue weighted by atomic mass is 35.5. The van der Waals surface area contributed by atoms with Gasteiger partial charge in [-0.3, -0.25) is 9.36 Å². The average molecular weight is 522 g/mol. The molecule has 2 aliphatic heterocycles. The number of aromatic nitrogens is 1. The van der Waals surface area contributed by atoms with Gasteiger partial charge in [0.1, 0.15) is 0 Å². The minimum absolute atomic E-state index is 0.186. The summed E-state index contributed by atoms with van der Waals surface area (Å²) in [5.74, 6) is -0.471. The Hall–Kier alpha value is -3.16. The van der Waals surface area contributed by atoms with E-state index in [2.05, 4.69) is 35.0 Å². The summed E-state index contributed by atoms with van der Waals surface area (Å²) in [6.45, 7) is 8.07. The third-order valence-corrected chi connectivity index (χ3v) is 7.90. The molecule has 36 heavy (non-hydrogen) atoms. The molecule has 8 heteroatoms. The summed E-state index contributed by atoms with van der Waals surface area (Å²) in [6, 6.07) is 12.9. The normalized spacial score (nSPS) is 17.8. The molecule has 0 aliphatic carbocycles. The molecule has 3 heterocycles. The predicted octanol–water partition coefficient (Wildman–Crippen LogP) is 4.36. The Morgan fingerprint density at radius 1 is 1.17 bits per heavy atom. The van der Waals surface area contributed by atoms with Crippen molar-refractivity contribution in [1.29, 1.82) is 0 Å². The van der Waals surface area contributed by atoms with Crippen molar-refractivity contribution in [3.8, 4) is 0 Å². The van der Waals surface area contributed by atoms with Crippen molar-refractivity contribution in [2.45, 2.75) is 39.7 Å². The first-order chi connectivity index (χ1) is 17.4. The Morgan fingerprint density at radius 3 is 2.56 bits per heavy atom. The van der Waals surface area contributed by atoms with E-state index >= 15 is 0 Å². The number of carbonyl (C=O) groups excluding carboxylic acids is 1. The van der Waals surface area contributed by atoms with Crippen LogP contribution in [-0.4, -0.2) is 30.2 Å². The van der Waals surface area contributed by atoms with Crippen LogP contribution in [0, 0.1) is 6.92 Å². The Balaban J connectivity index is 1.63. The number of fused-ring (bicyclic) bond motifs is 1. The number of allylic oxidation sites excluding steroid dienone is 1. The Kier molecular flexibility index (Phi) is 6.86. The predicted molar refractivity (Wildman–Crippen MR) is 144 cm³/mol. The van der Waals surface area contributed by atoms with Crippen molar-refractivity contribution in [3.05, 3.63) is 95.1 Å². The first-order valence-electron chi connectivity index (χ1n) is 12.2. The number of nitrogens with zero attached hydrogens (tertiary/aromatic N) is 3. The molecule has 1 atom stereocenters. The lowest BCUT2D eigenvalue weighted by molar-refractivity contribution is -0.139. The lowest BCUT2D eigenvalue weighted by atomic mass is 9.96. The second-order valence-corrected chi connectivity index (χ2v) is 10.5. The highest BCUT2D eigenvalue weighted by Gasteiger charge is 2.33.